The first-order valence-corrected chi connectivity index (χ1v) is 7.58. The van der Waals surface area contributed by atoms with Gasteiger partial charge in [0, 0.05) is 30.5 Å². The molecule has 5 heteroatoms. The second kappa shape index (κ2) is 7.42. The lowest BCUT2D eigenvalue weighted by Gasteiger charge is -2.24. The van der Waals surface area contributed by atoms with Crippen LogP contribution in [0.15, 0.2) is 36.7 Å². The van der Waals surface area contributed by atoms with Crippen LogP contribution in [0, 0.1) is 6.92 Å². The van der Waals surface area contributed by atoms with Crippen molar-refractivity contribution >= 4 is 0 Å². The minimum Gasteiger partial charge on any atom is -0.496 e. The molecule has 0 bridgehead atoms. The van der Waals surface area contributed by atoms with Crippen molar-refractivity contribution in [3.05, 3.63) is 47.8 Å². The van der Waals surface area contributed by atoms with Crippen molar-refractivity contribution in [3.8, 4) is 5.75 Å². The maximum absolute atomic E-state index is 10.5. The highest BCUT2D eigenvalue weighted by Gasteiger charge is 2.18. The molecule has 0 saturated heterocycles. The maximum atomic E-state index is 10.5. The fourth-order valence-corrected chi connectivity index (χ4v) is 2.44. The molecule has 0 fully saturated rings. The summed E-state index contributed by atoms with van der Waals surface area (Å²) in [6.07, 6.45) is 3.11. The monoisotopic (exact) mass is 303 g/mol. The number of nitrogens with zero attached hydrogens (tertiary/aromatic N) is 2. The lowest BCUT2D eigenvalue weighted by atomic mass is 10.0. The molecule has 0 saturated carbocycles. The molecule has 2 rings (SSSR count). The highest BCUT2D eigenvalue weighted by Crippen LogP contribution is 2.26. The third-order valence-electron chi connectivity index (χ3n) is 4.04. The molecule has 0 spiro atoms. The van der Waals surface area contributed by atoms with Crippen LogP contribution in [0.1, 0.15) is 37.1 Å². The standard InChI is InChI=1S/C17H25N3O2/c1-12-6-7-17(22-4)15(10-12)16(21)11-18-13(2)14(3)20-9-5-8-19-20/h5-10,13-14,16,18,21H,11H2,1-4H3. The van der Waals surface area contributed by atoms with E-state index in [-0.39, 0.29) is 12.1 Å². The number of benzene rings is 1. The Bertz CT molecular complexity index is 584. The van der Waals surface area contributed by atoms with Crippen LogP contribution in [-0.2, 0) is 0 Å². The van der Waals surface area contributed by atoms with E-state index in [2.05, 4.69) is 24.3 Å². The summed E-state index contributed by atoms with van der Waals surface area (Å²) in [5.74, 6) is 0.715. The van der Waals surface area contributed by atoms with Gasteiger partial charge >= 0.3 is 0 Å². The lowest BCUT2D eigenvalue weighted by molar-refractivity contribution is 0.162. The third-order valence-corrected chi connectivity index (χ3v) is 4.04. The number of ether oxygens (including phenoxy) is 1. The first kappa shape index (κ1) is 16.5. The summed E-state index contributed by atoms with van der Waals surface area (Å²) < 4.78 is 7.25. The molecule has 22 heavy (non-hydrogen) atoms. The van der Waals surface area contributed by atoms with E-state index in [9.17, 15) is 5.11 Å². The highest BCUT2D eigenvalue weighted by atomic mass is 16.5. The first-order chi connectivity index (χ1) is 10.5. The topological polar surface area (TPSA) is 59.3 Å². The zero-order chi connectivity index (χ0) is 16.1. The van der Waals surface area contributed by atoms with E-state index in [0.717, 1.165) is 11.1 Å². The summed E-state index contributed by atoms with van der Waals surface area (Å²) in [6.45, 7) is 6.66. The molecule has 1 aromatic carbocycles. The molecule has 120 valence electrons. The van der Waals surface area contributed by atoms with E-state index >= 15 is 0 Å². The van der Waals surface area contributed by atoms with Crippen LogP contribution in [0.4, 0.5) is 0 Å². The Morgan fingerprint density at radius 3 is 2.77 bits per heavy atom. The van der Waals surface area contributed by atoms with Crippen molar-refractivity contribution in [2.45, 2.75) is 39.0 Å². The van der Waals surface area contributed by atoms with Crippen molar-refractivity contribution in [2.24, 2.45) is 0 Å². The van der Waals surface area contributed by atoms with E-state index in [1.165, 1.54) is 0 Å². The number of rotatable bonds is 7. The fraction of sp³-hybridized carbons (Fsp3) is 0.471. The smallest absolute Gasteiger partial charge is 0.124 e. The van der Waals surface area contributed by atoms with E-state index in [0.29, 0.717) is 12.3 Å². The highest BCUT2D eigenvalue weighted by molar-refractivity contribution is 5.38. The fourth-order valence-electron chi connectivity index (χ4n) is 2.44. The van der Waals surface area contributed by atoms with Gasteiger partial charge in [0.1, 0.15) is 5.75 Å². The second-order valence-electron chi connectivity index (χ2n) is 5.68. The number of nitrogens with one attached hydrogen (secondary N) is 1. The van der Waals surface area contributed by atoms with Gasteiger partial charge in [-0.25, -0.2) is 0 Å². The molecule has 0 amide bonds. The van der Waals surface area contributed by atoms with Crippen LogP contribution >= 0.6 is 0 Å². The van der Waals surface area contributed by atoms with Crippen molar-refractivity contribution < 1.29 is 9.84 Å². The van der Waals surface area contributed by atoms with Gasteiger partial charge in [-0.1, -0.05) is 11.6 Å². The Labute approximate surface area is 131 Å². The van der Waals surface area contributed by atoms with Gasteiger partial charge in [-0.3, -0.25) is 4.68 Å². The van der Waals surface area contributed by atoms with Gasteiger partial charge in [-0.15, -0.1) is 0 Å². The Hall–Kier alpha value is -1.85. The predicted octanol–water partition coefficient (Wildman–Crippen LogP) is 2.47. The largest absolute Gasteiger partial charge is 0.496 e. The number of methoxy groups -OCH3 is 1. The molecule has 0 radical (unpaired) electrons. The average molecular weight is 303 g/mol. The average Bonchev–Trinajstić information content (AvgIpc) is 3.05. The number of hydrogen-bond donors (Lipinski definition) is 2. The Kier molecular flexibility index (Phi) is 5.57. The van der Waals surface area contributed by atoms with Crippen molar-refractivity contribution in [1.82, 2.24) is 15.1 Å². The quantitative estimate of drug-likeness (QED) is 0.825. The van der Waals surface area contributed by atoms with Crippen LogP contribution in [0.5, 0.6) is 5.75 Å². The molecule has 0 aliphatic heterocycles. The van der Waals surface area contributed by atoms with Crippen LogP contribution in [0.2, 0.25) is 0 Å². The molecule has 3 unspecified atom stereocenters. The molecule has 2 N–H and O–H groups in total. The van der Waals surface area contributed by atoms with Gasteiger partial charge in [0.05, 0.1) is 19.3 Å². The van der Waals surface area contributed by atoms with Gasteiger partial charge < -0.3 is 15.2 Å². The normalized spacial score (nSPS) is 15.3. The predicted molar refractivity (Wildman–Crippen MR) is 87.1 cm³/mol. The lowest BCUT2D eigenvalue weighted by Crippen LogP contribution is -2.36. The van der Waals surface area contributed by atoms with E-state index in [1.54, 1.807) is 13.3 Å². The molecule has 0 aliphatic rings. The van der Waals surface area contributed by atoms with Crippen LogP contribution in [0.3, 0.4) is 0 Å². The van der Waals surface area contributed by atoms with Gasteiger partial charge in [-0.2, -0.15) is 5.10 Å². The summed E-state index contributed by atoms with van der Waals surface area (Å²) in [4.78, 5) is 0. The molecule has 3 atom stereocenters. The summed E-state index contributed by atoms with van der Waals surface area (Å²) in [5, 5.41) is 18.1. The van der Waals surface area contributed by atoms with Gasteiger partial charge in [0.15, 0.2) is 0 Å². The second-order valence-corrected chi connectivity index (χ2v) is 5.68. The van der Waals surface area contributed by atoms with Gasteiger partial charge in [0.25, 0.3) is 0 Å². The first-order valence-electron chi connectivity index (χ1n) is 7.58. The van der Waals surface area contributed by atoms with E-state index in [1.807, 2.05) is 42.1 Å². The Balaban J connectivity index is 1.97. The van der Waals surface area contributed by atoms with E-state index < -0.39 is 6.10 Å². The van der Waals surface area contributed by atoms with Crippen molar-refractivity contribution in [3.63, 3.8) is 0 Å². The zero-order valence-electron chi connectivity index (χ0n) is 13.7. The molecular formula is C17H25N3O2. The molecular weight excluding hydrogens is 278 g/mol. The minimum absolute atomic E-state index is 0.186. The van der Waals surface area contributed by atoms with Crippen molar-refractivity contribution in [2.75, 3.05) is 13.7 Å². The summed E-state index contributed by atoms with van der Waals surface area (Å²) >= 11 is 0. The third kappa shape index (κ3) is 3.87. The Morgan fingerprint density at radius 1 is 1.36 bits per heavy atom. The maximum Gasteiger partial charge on any atom is 0.124 e. The number of aryl methyl sites for hydroxylation is 1. The van der Waals surface area contributed by atoms with Crippen LogP contribution in [-0.4, -0.2) is 34.6 Å². The number of hydrogen-bond acceptors (Lipinski definition) is 4. The van der Waals surface area contributed by atoms with Crippen LogP contribution < -0.4 is 10.1 Å². The summed E-state index contributed by atoms with van der Waals surface area (Å²) in [5.41, 5.74) is 1.92. The van der Waals surface area contributed by atoms with Gasteiger partial charge in [-0.05, 0) is 39.0 Å². The van der Waals surface area contributed by atoms with E-state index in [4.69, 9.17) is 4.74 Å². The van der Waals surface area contributed by atoms with Crippen molar-refractivity contribution in [1.29, 1.82) is 0 Å². The minimum atomic E-state index is -0.609. The molecule has 1 aromatic heterocycles. The molecule has 2 aromatic rings. The number of aliphatic hydroxyl groups excluding tert-OH is 1. The molecule has 1 heterocycles. The number of aromatic nitrogens is 2. The molecule has 5 nitrogen and oxygen atoms in total. The number of aliphatic hydroxyl groups is 1. The van der Waals surface area contributed by atoms with Gasteiger partial charge in [0.2, 0.25) is 0 Å². The Morgan fingerprint density at radius 2 is 2.14 bits per heavy atom. The summed E-state index contributed by atoms with van der Waals surface area (Å²) in [6, 6.07) is 8.14. The van der Waals surface area contributed by atoms with Crippen LogP contribution in [0.25, 0.3) is 0 Å². The zero-order valence-corrected chi connectivity index (χ0v) is 13.7. The summed E-state index contributed by atoms with van der Waals surface area (Å²) in [7, 11) is 1.62. The molecule has 0 aliphatic carbocycles. The SMILES string of the molecule is COc1ccc(C)cc1C(O)CNC(C)C(C)n1cccn1.